The smallest absolute Gasteiger partial charge is 0.252 e. The van der Waals surface area contributed by atoms with Gasteiger partial charge in [0.1, 0.15) is 5.75 Å². The number of benzene rings is 2. The molecule has 0 aliphatic heterocycles. The highest BCUT2D eigenvalue weighted by molar-refractivity contribution is 5.95. The minimum atomic E-state index is -0.0195. The number of rotatable bonds is 6. The number of hydrogen-bond acceptors (Lipinski definition) is 2. The van der Waals surface area contributed by atoms with Crippen LogP contribution >= 0.6 is 0 Å². The van der Waals surface area contributed by atoms with Gasteiger partial charge in [-0.15, -0.1) is 0 Å². The molecule has 2 aromatic carbocycles. The molecule has 24 heavy (non-hydrogen) atoms. The first kappa shape index (κ1) is 18.1. The average molecular weight is 325 g/mol. The summed E-state index contributed by atoms with van der Waals surface area (Å²) in [6, 6.07) is 13.8. The Labute approximate surface area is 145 Å². The van der Waals surface area contributed by atoms with E-state index >= 15 is 0 Å². The minimum absolute atomic E-state index is 0.0101. The van der Waals surface area contributed by atoms with Gasteiger partial charge in [0.2, 0.25) is 0 Å². The molecule has 0 fully saturated rings. The molecule has 0 saturated carbocycles. The lowest BCUT2D eigenvalue weighted by Crippen LogP contribution is -2.30. The fourth-order valence-corrected chi connectivity index (χ4v) is 2.89. The Morgan fingerprint density at radius 1 is 1.08 bits per heavy atom. The summed E-state index contributed by atoms with van der Waals surface area (Å²) in [6.45, 7) is 8.35. The third-order valence-corrected chi connectivity index (χ3v) is 4.16. The summed E-state index contributed by atoms with van der Waals surface area (Å²) in [5, 5.41) is 3.20. The van der Waals surface area contributed by atoms with Gasteiger partial charge in [0.25, 0.3) is 5.91 Å². The second-order valence-corrected chi connectivity index (χ2v) is 6.75. The van der Waals surface area contributed by atoms with Gasteiger partial charge >= 0.3 is 0 Å². The molecular weight excluding hydrogens is 298 g/mol. The van der Waals surface area contributed by atoms with Gasteiger partial charge in [-0.3, -0.25) is 4.79 Å². The van der Waals surface area contributed by atoms with Crippen molar-refractivity contribution < 1.29 is 9.53 Å². The van der Waals surface area contributed by atoms with Crippen LogP contribution in [0.25, 0.3) is 0 Å². The second-order valence-electron chi connectivity index (χ2n) is 6.75. The Kier molecular flexibility index (Phi) is 6.02. The molecule has 2 rings (SSSR count). The average Bonchev–Trinajstić information content (AvgIpc) is 2.53. The van der Waals surface area contributed by atoms with E-state index in [1.807, 2.05) is 56.3 Å². The zero-order valence-corrected chi connectivity index (χ0v) is 15.2. The van der Waals surface area contributed by atoms with Crippen LogP contribution in [0.1, 0.15) is 53.4 Å². The Bertz CT molecular complexity index is 689. The molecule has 128 valence electrons. The van der Waals surface area contributed by atoms with Crippen LogP contribution in [-0.4, -0.2) is 13.0 Å². The Morgan fingerprint density at radius 3 is 2.29 bits per heavy atom. The van der Waals surface area contributed by atoms with Crippen LogP contribution in [0.5, 0.6) is 5.75 Å². The molecule has 3 heteroatoms. The Balaban J connectivity index is 2.22. The van der Waals surface area contributed by atoms with Crippen molar-refractivity contribution in [3.05, 3.63) is 64.7 Å². The summed E-state index contributed by atoms with van der Waals surface area (Å²) >= 11 is 0. The molecule has 0 saturated heterocycles. The SMILES string of the molecule is COc1ccc([C@H](CC(C)C)NC(=O)c2ccc(C)cc2C)cc1. The molecule has 0 spiro atoms. The summed E-state index contributed by atoms with van der Waals surface area (Å²) < 4.78 is 5.22. The van der Waals surface area contributed by atoms with Gasteiger partial charge in [0.05, 0.1) is 13.2 Å². The molecule has 0 unspecified atom stereocenters. The largest absolute Gasteiger partial charge is 0.497 e. The lowest BCUT2D eigenvalue weighted by molar-refractivity contribution is 0.0931. The summed E-state index contributed by atoms with van der Waals surface area (Å²) in [4.78, 5) is 12.7. The summed E-state index contributed by atoms with van der Waals surface area (Å²) in [5.41, 5.74) is 4.01. The monoisotopic (exact) mass is 325 g/mol. The van der Waals surface area contributed by atoms with Crippen LogP contribution in [0.2, 0.25) is 0 Å². The lowest BCUT2D eigenvalue weighted by atomic mass is 9.96. The van der Waals surface area contributed by atoms with Crippen molar-refractivity contribution in [3.63, 3.8) is 0 Å². The quantitative estimate of drug-likeness (QED) is 0.826. The van der Waals surface area contributed by atoms with Crippen molar-refractivity contribution in [2.75, 3.05) is 7.11 Å². The van der Waals surface area contributed by atoms with Crippen molar-refractivity contribution in [1.82, 2.24) is 5.32 Å². The van der Waals surface area contributed by atoms with Gasteiger partial charge in [-0.05, 0) is 55.5 Å². The molecular formula is C21H27NO2. The van der Waals surface area contributed by atoms with E-state index in [0.717, 1.165) is 34.4 Å². The topological polar surface area (TPSA) is 38.3 Å². The van der Waals surface area contributed by atoms with E-state index in [1.165, 1.54) is 0 Å². The van der Waals surface area contributed by atoms with Crippen LogP contribution in [0.4, 0.5) is 0 Å². The van der Waals surface area contributed by atoms with Crippen LogP contribution in [0, 0.1) is 19.8 Å². The van der Waals surface area contributed by atoms with Gasteiger partial charge < -0.3 is 10.1 Å². The first-order valence-electron chi connectivity index (χ1n) is 8.42. The second kappa shape index (κ2) is 8.00. The van der Waals surface area contributed by atoms with E-state index in [2.05, 4.69) is 19.2 Å². The Hall–Kier alpha value is -2.29. The molecule has 0 aliphatic rings. The van der Waals surface area contributed by atoms with Crippen molar-refractivity contribution in [2.45, 2.75) is 40.2 Å². The van der Waals surface area contributed by atoms with Gasteiger partial charge in [0.15, 0.2) is 0 Å². The van der Waals surface area contributed by atoms with Gasteiger partial charge in [-0.1, -0.05) is 43.7 Å². The van der Waals surface area contributed by atoms with E-state index in [-0.39, 0.29) is 11.9 Å². The number of amides is 1. The maximum atomic E-state index is 12.7. The maximum Gasteiger partial charge on any atom is 0.252 e. The predicted octanol–water partition coefficient (Wildman–Crippen LogP) is 4.83. The van der Waals surface area contributed by atoms with Gasteiger partial charge in [-0.2, -0.15) is 0 Å². The van der Waals surface area contributed by atoms with Crippen LogP contribution in [0.3, 0.4) is 0 Å². The molecule has 1 N–H and O–H groups in total. The fraction of sp³-hybridized carbons (Fsp3) is 0.381. The molecule has 0 aliphatic carbocycles. The number of methoxy groups -OCH3 is 1. The van der Waals surface area contributed by atoms with Crippen molar-refractivity contribution in [3.8, 4) is 5.75 Å². The zero-order chi connectivity index (χ0) is 17.7. The van der Waals surface area contributed by atoms with E-state index in [9.17, 15) is 4.79 Å². The lowest BCUT2D eigenvalue weighted by Gasteiger charge is -2.22. The molecule has 0 radical (unpaired) electrons. The fourth-order valence-electron chi connectivity index (χ4n) is 2.89. The number of carbonyl (C=O) groups is 1. The predicted molar refractivity (Wildman–Crippen MR) is 98.6 cm³/mol. The summed E-state index contributed by atoms with van der Waals surface area (Å²) in [6.07, 6.45) is 0.892. The van der Waals surface area contributed by atoms with E-state index in [4.69, 9.17) is 4.74 Å². The van der Waals surface area contributed by atoms with E-state index in [0.29, 0.717) is 5.92 Å². The Morgan fingerprint density at radius 2 is 1.75 bits per heavy atom. The van der Waals surface area contributed by atoms with Crippen LogP contribution in [-0.2, 0) is 0 Å². The number of carbonyl (C=O) groups excluding carboxylic acids is 1. The third-order valence-electron chi connectivity index (χ3n) is 4.16. The van der Waals surface area contributed by atoms with Crippen molar-refractivity contribution in [2.24, 2.45) is 5.92 Å². The normalized spacial score (nSPS) is 12.1. The minimum Gasteiger partial charge on any atom is -0.497 e. The van der Waals surface area contributed by atoms with Crippen LogP contribution < -0.4 is 10.1 Å². The molecule has 0 heterocycles. The highest BCUT2D eigenvalue weighted by Gasteiger charge is 2.18. The standard InChI is InChI=1S/C21H27NO2/c1-14(2)12-20(17-7-9-18(24-5)10-8-17)22-21(23)19-11-6-15(3)13-16(19)4/h6-11,13-14,20H,12H2,1-5H3,(H,22,23)/t20-/m0/s1. The van der Waals surface area contributed by atoms with Gasteiger partial charge in [-0.25, -0.2) is 0 Å². The number of hydrogen-bond donors (Lipinski definition) is 1. The number of ether oxygens (including phenoxy) is 1. The highest BCUT2D eigenvalue weighted by Crippen LogP contribution is 2.24. The van der Waals surface area contributed by atoms with E-state index in [1.54, 1.807) is 7.11 Å². The zero-order valence-electron chi connectivity index (χ0n) is 15.2. The van der Waals surface area contributed by atoms with Crippen LogP contribution in [0.15, 0.2) is 42.5 Å². The molecule has 2 aromatic rings. The number of aryl methyl sites for hydroxylation is 2. The maximum absolute atomic E-state index is 12.7. The van der Waals surface area contributed by atoms with Crippen molar-refractivity contribution in [1.29, 1.82) is 0 Å². The first-order valence-corrected chi connectivity index (χ1v) is 8.42. The summed E-state index contributed by atoms with van der Waals surface area (Å²) in [7, 11) is 1.66. The van der Waals surface area contributed by atoms with Crippen molar-refractivity contribution >= 4 is 5.91 Å². The van der Waals surface area contributed by atoms with E-state index < -0.39 is 0 Å². The number of nitrogens with one attached hydrogen (secondary N) is 1. The molecule has 1 atom stereocenters. The molecule has 1 amide bonds. The first-order chi connectivity index (χ1) is 11.4. The van der Waals surface area contributed by atoms with Gasteiger partial charge in [0, 0.05) is 5.56 Å². The third kappa shape index (κ3) is 4.60. The molecule has 3 nitrogen and oxygen atoms in total. The molecule has 0 aromatic heterocycles. The highest BCUT2D eigenvalue weighted by atomic mass is 16.5. The molecule has 0 bridgehead atoms. The summed E-state index contributed by atoms with van der Waals surface area (Å²) in [5.74, 6) is 1.29.